The van der Waals surface area contributed by atoms with Crippen molar-refractivity contribution in [1.29, 1.82) is 0 Å². The molecule has 2 N–H and O–H groups in total. The predicted molar refractivity (Wildman–Crippen MR) is 129 cm³/mol. The third-order valence-corrected chi connectivity index (χ3v) is 7.13. The number of carbonyl (C=O) groups is 1. The van der Waals surface area contributed by atoms with Gasteiger partial charge in [-0.1, -0.05) is 60.6 Å². The van der Waals surface area contributed by atoms with Gasteiger partial charge in [0.2, 0.25) is 0 Å². The molecule has 31 heavy (non-hydrogen) atoms. The van der Waals surface area contributed by atoms with Crippen LogP contribution in [0.1, 0.15) is 62.7 Å². The van der Waals surface area contributed by atoms with E-state index < -0.39 is 0 Å². The number of piperidine rings is 1. The van der Waals surface area contributed by atoms with E-state index in [2.05, 4.69) is 48.8 Å². The molecule has 1 aromatic rings. The molecule has 3 heteroatoms. The highest BCUT2D eigenvalue weighted by Crippen LogP contribution is 2.45. The van der Waals surface area contributed by atoms with Crippen LogP contribution in [-0.2, 0) is 0 Å². The summed E-state index contributed by atoms with van der Waals surface area (Å²) in [5.74, 6) is 0.681. The molecule has 0 bridgehead atoms. The van der Waals surface area contributed by atoms with Crippen molar-refractivity contribution in [3.05, 3.63) is 82.5 Å². The number of benzene rings is 1. The maximum atomic E-state index is 12.4. The summed E-state index contributed by atoms with van der Waals surface area (Å²) >= 11 is 0. The topological polar surface area (TPSA) is 41.1 Å². The Morgan fingerprint density at radius 1 is 1.23 bits per heavy atom. The molecule has 3 nitrogen and oxygen atoms in total. The lowest BCUT2D eigenvalue weighted by Gasteiger charge is -2.37. The van der Waals surface area contributed by atoms with E-state index in [9.17, 15) is 4.79 Å². The minimum Gasteiger partial charge on any atom is -0.352 e. The van der Waals surface area contributed by atoms with Crippen LogP contribution in [0.5, 0.6) is 0 Å². The van der Waals surface area contributed by atoms with E-state index in [1.165, 1.54) is 24.0 Å². The summed E-state index contributed by atoms with van der Waals surface area (Å²) in [6, 6.07) is 9.49. The van der Waals surface area contributed by atoms with Crippen LogP contribution in [0.15, 0.2) is 76.9 Å². The Labute approximate surface area is 187 Å². The second kappa shape index (κ2) is 9.82. The van der Waals surface area contributed by atoms with Crippen LogP contribution in [0.2, 0.25) is 0 Å². The Morgan fingerprint density at radius 2 is 2.06 bits per heavy atom. The molecule has 3 aliphatic rings. The fraction of sp³-hybridized carbons (Fsp3) is 0.464. The second-order valence-electron chi connectivity index (χ2n) is 9.54. The van der Waals surface area contributed by atoms with Gasteiger partial charge in [0.25, 0.3) is 5.91 Å². The van der Waals surface area contributed by atoms with Gasteiger partial charge in [0.1, 0.15) is 0 Å². The van der Waals surface area contributed by atoms with Gasteiger partial charge in [0.05, 0.1) is 0 Å². The molecular weight excluding hydrogens is 380 g/mol. The lowest BCUT2D eigenvalue weighted by Crippen LogP contribution is -2.32. The highest BCUT2D eigenvalue weighted by atomic mass is 16.1. The van der Waals surface area contributed by atoms with Gasteiger partial charge in [0, 0.05) is 24.1 Å². The maximum absolute atomic E-state index is 12.4. The van der Waals surface area contributed by atoms with Gasteiger partial charge in [-0.05, 0) is 81.2 Å². The minimum absolute atomic E-state index is 0.0161. The molecular formula is C28H36N2O. The molecule has 4 rings (SSSR count). The number of hydrogen-bond acceptors (Lipinski definition) is 2. The lowest BCUT2D eigenvalue weighted by atomic mass is 9.68. The summed E-state index contributed by atoms with van der Waals surface area (Å²) in [5.41, 5.74) is 6.84. The number of allylic oxidation sites excluding steroid dienone is 6. The highest BCUT2D eigenvalue weighted by molar-refractivity contribution is 5.94. The van der Waals surface area contributed by atoms with Gasteiger partial charge in [-0.2, -0.15) is 0 Å². The summed E-state index contributed by atoms with van der Waals surface area (Å²) in [6.07, 6.45) is 16.3. The Morgan fingerprint density at radius 3 is 2.81 bits per heavy atom. The quantitative estimate of drug-likeness (QED) is 0.621. The normalized spacial score (nSPS) is 26.3. The Kier molecular flexibility index (Phi) is 6.92. The molecule has 1 aliphatic heterocycles. The molecule has 0 aromatic heterocycles. The Bertz CT molecular complexity index is 916. The van der Waals surface area contributed by atoms with Crippen LogP contribution in [0.25, 0.3) is 0 Å². The van der Waals surface area contributed by atoms with E-state index in [0.717, 1.165) is 44.3 Å². The predicted octanol–water partition coefficient (Wildman–Crippen LogP) is 5.74. The summed E-state index contributed by atoms with van der Waals surface area (Å²) in [6.45, 7) is 7.68. The van der Waals surface area contributed by atoms with E-state index in [4.69, 9.17) is 0 Å². The first-order chi connectivity index (χ1) is 15.1. The molecule has 1 aromatic carbocycles. The Balaban J connectivity index is 1.45. The van der Waals surface area contributed by atoms with Crippen LogP contribution in [-0.4, -0.2) is 25.5 Å². The van der Waals surface area contributed by atoms with E-state index >= 15 is 0 Å². The van der Waals surface area contributed by atoms with Gasteiger partial charge in [-0.25, -0.2) is 0 Å². The number of rotatable bonds is 6. The van der Waals surface area contributed by atoms with E-state index in [0.29, 0.717) is 12.5 Å². The summed E-state index contributed by atoms with van der Waals surface area (Å²) in [5, 5.41) is 6.67. The third-order valence-electron chi connectivity index (χ3n) is 7.13. The van der Waals surface area contributed by atoms with Gasteiger partial charge in [0.15, 0.2) is 0 Å². The smallest absolute Gasteiger partial charge is 0.251 e. The van der Waals surface area contributed by atoms with Crippen molar-refractivity contribution in [2.24, 2.45) is 11.3 Å². The van der Waals surface area contributed by atoms with Crippen molar-refractivity contribution in [2.75, 3.05) is 19.6 Å². The standard InChI is InChI=1S/C28H36N2O/c1-21-19-28(2,16-14-25(21)24-12-8-17-29-20-24)26-13-7-6-9-22(26)15-18-30-27(31)23-10-4-3-5-11-23/h3-5,7,10-11,13-14,16,24,29H,6,8-9,12,15,17-20H2,1-2H3,(H,30,31)/t24-,28?/m1/s1. The Hall–Kier alpha value is -2.39. The zero-order valence-corrected chi connectivity index (χ0v) is 19.0. The number of hydrogen-bond donors (Lipinski definition) is 2. The van der Waals surface area contributed by atoms with E-state index in [-0.39, 0.29) is 11.3 Å². The van der Waals surface area contributed by atoms with Crippen molar-refractivity contribution in [3.63, 3.8) is 0 Å². The molecule has 164 valence electrons. The van der Waals surface area contributed by atoms with Crippen LogP contribution in [0, 0.1) is 11.3 Å². The monoisotopic (exact) mass is 416 g/mol. The van der Waals surface area contributed by atoms with Crippen LogP contribution in [0.4, 0.5) is 0 Å². The fourth-order valence-corrected chi connectivity index (χ4v) is 5.50. The summed E-state index contributed by atoms with van der Waals surface area (Å²) in [4.78, 5) is 12.4. The molecule has 1 heterocycles. The SMILES string of the molecule is CC1=C([C@@H]2CCCNC2)C=CC(C)(C2=C(CCNC(=O)c3ccccc3)CCC=C2)C1. The van der Waals surface area contributed by atoms with Crippen LogP contribution < -0.4 is 10.6 Å². The van der Waals surface area contributed by atoms with Crippen LogP contribution >= 0.6 is 0 Å². The molecule has 1 amide bonds. The highest BCUT2D eigenvalue weighted by Gasteiger charge is 2.33. The molecule has 2 aliphatic carbocycles. The van der Waals surface area contributed by atoms with Crippen molar-refractivity contribution < 1.29 is 4.79 Å². The minimum atomic E-state index is 0.0161. The number of carbonyl (C=O) groups excluding carboxylic acids is 1. The lowest BCUT2D eigenvalue weighted by molar-refractivity contribution is 0.0954. The largest absolute Gasteiger partial charge is 0.352 e. The molecule has 2 atom stereocenters. The van der Waals surface area contributed by atoms with Gasteiger partial charge >= 0.3 is 0 Å². The first kappa shape index (κ1) is 21.8. The number of nitrogens with one attached hydrogen (secondary N) is 2. The fourth-order valence-electron chi connectivity index (χ4n) is 5.50. The second-order valence-corrected chi connectivity index (χ2v) is 9.54. The molecule has 0 radical (unpaired) electrons. The molecule has 1 fully saturated rings. The third kappa shape index (κ3) is 5.10. The zero-order chi connectivity index (χ0) is 21.7. The average Bonchev–Trinajstić information content (AvgIpc) is 2.80. The van der Waals surface area contributed by atoms with Gasteiger partial charge < -0.3 is 10.6 Å². The van der Waals surface area contributed by atoms with E-state index in [1.807, 2.05) is 30.3 Å². The average molecular weight is 417 g/mol. The van der Waals surface area contributed by atoms with Crippen LogP contribution in [0.3, 0.4) is 0 Å². The first-order valence-corrected chi connectivity index (χ1v) is 11.9. The van der Waals surface area contributed by atoms with Crippen molar-refractivity contribution in [1.82, 2.24) is 10.6 Å². The van der Waals surface area contributed by atoms with Crippen molar-refractivity contribution in [2.45, 2.75) is 52.4 Å². The number of amides is 1. The zero-order valence-electron chi connectivity index (χ0n) is 19.0. The molecule has 0 saturated carbocycles. The summed E-state index contributed by atoms with van der Waals surface area (Å²) < 4.78 is 0. The van der Waals surface area contributed by atoms with Crippen molar-refractivity contribution >= 4 is 5.91 Å². The van der Waals surface area contributed by atoms with E-state index in [1.54, 1.807) is 11.1 Å². The molecule has 1 saturated heterocycles. The molecule has 0 spiro atoms. The van der Waals surface area contributed by atoms with Gasteiger partial charge in [-0.15, -0.1) is 0 Å². The summed E-state index contributed by atoms with van der Waals surface area (Å²) in [7, 11) is 0. The maximum Gasteiger partial charge on any atom is 0.251 e. The van der Waals surface area contributed by atoms with Crippen molar-refractivity contribution in [3.8, 4) is 0 Å². The van der Waals surface area contributed by atoms with Gasteiger partial charge in [-0.3, -0.25) is 4.79 Å². The first-order valence-electron chi connectivity index (χ1n) is 11.9. The molecule has 1 unspecified atom stereocenters.